The molecule has 4 nitrogen and oxygen atoms in total. The fourth-order valence-corrected chi connectivity index (χ4v) is 1.35. The number of pyridine rings is 1. The first kappa shape index (κ1) is 10.3. The predicted octanol–water partition coefficient (Wildman–Crippen LogP) is 1.82. The Morgan fingerprint density at radius 1 is 1.06 bits per heavy atom. The number of nitrogen functional groups attached to an aromatic ring is 2. The number of aromatic nitrogens is 1. The maximum Gasteiger partial charge on any atom is 0.145 e. The highest BCUT2D eigenvalue weighted by Gasteiger charge is 2.01. The van der Waals surface area contributed by atoms with E-state index in [0.29, 0.717) is 18.0 Å². The maximum absolute atomic E-state index is 5.80. The number of nitrogens with zero attached hydrogens (tertiary/aromatic N) is 1. The van der Waals surface area contributed by atoms with Crippen molar-refractivity contribution >= 4 is 11.4 Å². The molecule has 4 N–H and O–H groups in total. The minimum Gasteiger partial charge on any atom is -0.487 e. The van der Waals surface area contributed by atoms with Crippen LogP contribution in [0.1, 0.15) is 5.56 Å². The molecular formula is C12H13N3O. The molecule has 0 saturated carbocycles. The predicted molar refractivity (Wildman–Crippen MR) is 63.8 cm³/mol. The molecule has 0 saturated heterocycles. The van der Waals surface area contributed by atoms with Crippen LogP contribution in [0.3, 0.4) is 0 Å². The summed E-state index contributed by atoms with van der Waals surface area (Å²) in [7, 11) is 0. The van der Waals surface area contributed by atoms with E-state index < -0.39 is 0 Å². The second-order valence-electron chi connectivity index (χ2n) is 3.40. The van der Waals surface area contributed by atoms with Crippen molar-refractivity contribution in [3.63, 3.8) is 0 Å². The zero-order valence-corrected chi connectivity index (χ0v) is 8.76. The fraction of sp³-hybridized carbons (Fsp3) is 0.0833. The second kappa shape index (κ2) is 4.53. The minimum atomic E-state index is 0.404. The maximum atomic E-state index is 5.80. The van der Waals surface area contributed by atoms with Crippen LogP contribution in [0.15, 0.2) is 42.7 Å². The van der Waals surface area contributed by atoms with Crippen molar-refractivity contribution in [2.45, 2.75) is 6.61 Å². The molecule has 0 atom stereocenters. The van der Waals surface area contributed by atoms with Crippen LogP contribution in [0, 0.1) is 0 Å². The van der Waals surface area contributed by atoms with Gasteiger partial charge in [-0.2, -0.15) is 0 Å². The monoisotopic (exact) mass is 215 g/mol. The lowest BCUT2D eigenvalue weighted by Crippen LogP contribution is -2.01. The van der Waals surface area contributed by atoms with Gasteiger partial charge in [-0.25, -0.2) is 0 Å². The number of para-hydroxylation sites is 1. The number of ether oxygens (including phenoxy) is 1. The van der Waals surface area contributed by atoms with Gasteiger partial charge in [0, 0.05) is 23.5 Å². The standard InChI is InChI=1S/C12H13N3O/c13-10-4-2-1-3-9(10)8-16-12-5-6-15-7-11(12)14/h1-7H,8,13-14H2. The first-order valence-electron chi connectivity index (χ1n) is 4.93. The third kappa shape index (κ3) is 2.23. The van der Waals surface area contributed by atoms with Gasteiger partial charge in [-0.1, -0.05) is 18.2 Å². The molecule has 0 aliphatic rings. The molecule has 2 aromatic rings. The molecule has 0 spiro atoms. The molecule has 0 aliphatic carbocycles. The molecule has 0 amide bonds. The third-order valence-corrected chi connectivity index (χ3v) is 2.25. The number of nitrogens with two attached hydrogens (primary N) is 2. The molecule has 1 aromatic carbocycles. The molecule has 0 fully saturated rings. The second-order valence-corrected chi connectivity index (χ2v) is 3.40. The van der Waals surface area contributed by atoms with Gasteiger partial charge in [-0.05, 0) is 6.07 Å². The Kier molecular flexibility index (Phi) is 2.91. The van der Waals surface area contributed by atoms with Crippen molar-refractivity contribution in [2.24, 2.45) is 0 Å². The van der Waals surface area contributed by atoms with E-state index >= 15 is 0 Å². The van der Waals surface area contributed by atoms with E-state index in [0.717, 1.165) is 11.3 Å². The first-order valence-corrected chi connectivity index (χ1v) is 4.93. The van der Waals surface area contributed by atoms with Gasteiger partial charge in [0.25, 0.3) is 0 Å². The Morgan fingerprint density at radius 2 is 1.88 bits per heavy atom. The summed E-state index contributed by atoms with van der Waals surface area (Å²) in [5.41, 5.74) is 13.7. The van der Waals surface area contributed by atoms with Gasteiger partial charge in [0.05, 0.1) is 11.9 Å². The first-order chi connectivity index (χ1) is 7.77. The molecule has 1 aromatic heterocycles. The van der Waals surface area contributed by atoms with Gasteiger partial charge in [-0.3, -0.25) is 4.98 Å². The number of benzene rings is 1. The SMILES string of the molecule is Nc1ccccc1COc1ccncc1N. The van der Waals surface area contributed by atoms with Crippen LogP contribution < -0.4 is 16.2 Å². The van der Waals surface area contributed by atoms with Crippen molar-refractivity contribution < 1.29 is 4.74 Å². The van der Waals surface area contributed by atoms with E-state index in [-0.39, 0.29) is 0 Å². The molecule has 0 radical (unpaired) electrons. The normalized spacial score (nSPS) is 10.0. The van der Waals surface area contributed by atoms with Gasteiger partial charge in [0.2, 0.25) is 0 Å². The van der Waals surface area contributed by atoms with Crippen LogP contribution in [0.5, 0.6) is 5.75 Å². The Bertz CT molecular complexity index is 440. The van der Waals surface area contributed by atoms with Crippen molar-refractivity contribution in [1.82, 2.24) is 4.98 Å². The summed E-state index contributed by atoms with van der Waals surface area (Å²) < 4.78 is 5.56. The van der Waals surface area contributed by atoms with Crippen LogP contribution >= 0.6 is 0 Å². The summed E-state index contributed by atoms with van der Waals surface area (Å²) in [5, 5.41) is 0. The molecule has 0 aliphatic heterocycles. The molecule has 2 rings (SSSR count). The zero-order chi connectivity index (χ0) is 11.4. The van der Waals surface area contributed by atoms with E-state index in [1.54, 1.807) is 18.5 Å². The highest BCUT2D eigenvalue weighted by Crippen LogP contribution is 2.21. The molecular weight excluding hydrogens is 202 g/mol. The van der Waals surface area contributed by atoms with Crippen LogP contribution in [0.4, 0.5) is 11.4 Å². The van der Waals surface area contributed by atoms with Gasteiger partial charge in [0.1, 0.15) is 12.4 Å². The topological polar surface area (TPSA) is 74.2 Å². The van der Waals surface area contributed by atoms with Crippen LogP contribution in [0.2, 0.25) is 0 Å². The van der Waals surface area contributed by atoms with Crippen LogP contribution in [0.25, 0.3) is 0 Å². The Balaban J connectivity index is 2.09. The van der Waals surface area contributed by atoms with Gasteiger partial charge in [0.15, 0.2) is 0 Å². The zero-order valence-electron chi connectivity index (χ0n) is 8.76. The molecule has 0 bridgehead atoms. The summed E-state index contributed by atoms with van der Waals surface area (Å²) in [4.78, 5) is 3.89. The number of hydrogen-bond acceptors (Lipinski definition) is 4. The highest BCUT2D eigenvalue weighted by atomic mass is 16.5. The van der Waals surface area contributed by atoms with E-state index in [1.807, 2.05) is 24.3 Å². The molecule has 1 heterocycles. The molecule has 0 unspecified atom stereocenters. The lowest BCUT2D eigenvalue weighted by molar-refractivity contribution is 0.308. The summed E-state index contributed by atoms with van der Waals surface area (Å²) in [6.45, 7) is 0.404. The van der Waals surface area contributed by atoms with E-state index in [9.17, 15) is 0 Å². The van der Waals surface area contributed by atoms with Crippen molar-refractivity contribution in [3.05, 3.63) is 48.3 Å². The Morgan fingerprint density at radius 3 is 2.62 bits per heavy atom. The number of rotatable bonds is 3. The van der Waals surface area contributed by atoms with Crippen LogP contribution in [-0.4, -0.2) is 4.98 Å². The average Bonchev–Trinajstić information content (AvgIpc) is 2.30. The number of hydrogen-bond donors (Lipinski definition) is 2. The summed E-state index contributed by atoms with van der Waals surface area (Å²) in [6, 6.07) is 9.31. The number of anilines is 2. The molecule has 4 heteroatoms. The van der Waals surface area contributed by atoms with Crippen molar-refractivity contribution in [1.29, 1.82) is 0 Å². The minimum absolute atomic E-state index is 0.404. The smallest absolute Gasteiger partial charge is 0.145 e. The quantitative estimate of drug-likeness (QED) is 0.766. The van der Waals surface area contributed by atoms with E-state index in [1.165, 1.54) is 0 Å². The lowest BCUT2D eigenvalue weighted by atomic mass is 10.2. The third-order valence-electron chi connectivity index (χ3n) is 2.25. The highest BCUT2D eigenvalue weighted by molar-refractivity contribution is 5.50. The van der Waals surface area contributed by atoms with Crippen LogP contribution in [-0.2, 0) is 6.61 Å². The average molecular weight is 215 g/mol. The van der Waals surface area contributed by atoms with Crippen molar-refractivity contribution in [2.75, 3.05) is 11.5 Å². The largest absolute Gasteiger partial charge is 0.487 e. The van der Waals surface area contributed by atoms with E-state index in [4.69, 9.17) is 16.2 Å². The molecule has 82 valence electrons. The van der Waals surface area contributed by atoms with E-state index in [2.05, 4.69) is 4.98 Å². The van der Waals surface area contributed by atoms with Gasteiger partial charge < -0.3 is 16.2 Å². The van der Waals surface area contributed by atoms with Gasteiger partial charge in [-0.15, -0.1) is 0 Å². The fourth-order valence-electron chi connectivity index (χ4n) is 1.35. The summed E-state index contributed by atoms with van der Waals surface area (Å²) in [6.07, 6.45) is 3.20. The van der Waals surface area contributed by atoms with Gasteiger partial charge >= 0.3 is 0 Å². The Hall–Kier alpha value is -2.23. The lowest BCUT2D eigenvalue weighted by Gasteiger charge is -2.09. The Labute approximate surface area is 93.9 Å². The van der Waals surface area contributed by atoms with Crippen molar-refractivity contribution in [3.8, 4) is 5.75 Å². The summed E-state index contributed by atoms with van der Waals surface area (Å²) in [5.74, 6) is 0.623. The molecule has 16 heavy (non-hydrogen) atoms. The summed E-state index contributed by atoms with van der Waals surface area (Å²) >= 11 is 0.